The summed E-state index contributed by atoms with van der Waals surface area (Å²) in [7, 11) is 0. The molecule has 0 spiro atoms. The van der Waals surface area contributed by atoms with Crippen molar-refractivity contribution in [1.82, 2.24) is 25.7 Å². The molecule has 4 heterocycles. The molecule has 1 aliphatic rings. The van der Waals surface area contributed by atoms with Crippen LogP contribution in [0.3, 0.4) is 0 Å². The number of amides is 1. The van der Waals surface area contributed by atoms with Gasteiger partial charge in [0, 0.05) is 35.2 Å². The number of benzene rings is 1. The normalized spacial score (nSPS) is 14.8. The van der Waals surface area contributed by atoms with E-state index < -0.39 is 23.6 Å². The maximum absolute atomic E-state index is 14.0. The molecule has 180 valence electrons. The third-order valence-electron chi connectivity index (χ3n) is 5.61. The van der Waals surface area contributed by atoms with E-state index in [2.05, 4.69) is 25.7 Å². The van der Waals surface area contributed by atoms with Crippen LogP contribution in [0, 0.1) is 18.6 Å². The topological polar surface area (TPSA) is 89.0 Å². The lowest BCUT2D eigenvalue weighted by atomic mass is 9.99. The van der Waals surface area contributed by atoms with E-state index in [0.29, 0.717) is 28.1 Å². The van der Waals surface area contributed by atoms with Gasteiger partial charge in [-0.15, -0.1) is 0 Å². The predicted octanol–water partition coefficient (Wildman–Crippen LogP) is 4.67. The maximum atomic E-state index is 14.0. The average Bonchev–Trinajstić information content (AvgIpc) is 3.39. The maximum Gasteiger partial charge on any atom is 0.251 e. The molecular weight excluding hydrogens is 464 g/mol. The summed E-state index contributed by atoms with van der Waals surface area (Å²) in [5, 5.41) is 2.65. The number of hydrogen-bond acceptors (Lipinski definition) is 6. The lowest BCUT2D eigenvalue weighted by Crippen LogP contribution is -2.24. The van der Waals surface area contributed by atoms with Crippen LogP contribution >= 0.6 is 0 Å². The zero-order valence-corrected chi connectivity index (χ0v) is 19.2. The zero-order chi connectivity index (χ0) is 25.1. The smallest absolute Gasteiger partial charge is 0.251 e. The van der Waals surface area contributed by atoms with E-state index in [9.17, 15) is 13.6 Å². The van der Waals surface area contributed by atoms with E-state index in [-0.39, 0.29) is 12.2 Å². The van der Waals surface area contributed by atoms with Crippen LogP contribution in [0.1, 0.15) is 39.0 Å². The number of aromatic nitrogens is 3. The molecular formula is C27H21F2N5O2. The molecule has 36 heavy (non-hydrogen) atoms. The SMILES string of the molecule is Cc1ccc(-c2cc(C(=O)NCc3ncc(F)cc3F)cc(C3=CC(c4ccccn4)ON3)c2)nc1. The van der Waals surface area contributed by atoms with E-state index in [1.165, 1.54) is 0 Å². The molecule has 0 aliphatic carbocycles. The van der Waals surface area contributed by atoms with Gasteiger partial charge in [0.15, 0.2) is 0 Å². The fourth-order valence-corrected chi connectivity index (χ4v) is 3.73. The Morgan fingerprint density at radius 2 is 1.89 bits per heavy atom. The zero-order valence-electron chi connectivity index (χ0n) is 19.2. The van der Waals surface area contributed by atoms with Gasteiger partial charge in [-0.1, -0.05) is 12.1 Å². The molecule has 9 heteroatoms. The standard InChI is InChI=1S/C27H21F2N5O2/c1-16-5-6-22(31-13-16)17-8-18(24-12-26(36-34-24)23-4-2-3-7-30-23)10-19(9-17)27(35)33-15-25-21(29)11-20(28)14-32-25/h2-14,26,34H,15H2,1H3,(H,33,35). The lowest BCUT2D eigenvalue weighted by molar-refractivity contribution is 0.0487. The highest BCUT2D eigenvalue weighted by Gasteiger charge is 2.22. The van der Waals surface area contributed by atoms with Gasteiger partial charge < -0.3 is 5.32 Å². The average molecular weight is 485 g/mol. The van der Waals surface area contributed by atoms with Crippen molar-refractivity contribution in [1.29, 1.82) is 0 Å². The first kappa shape index (κ1) is 23.3. The number of nitrogens with zero attached hydrogens (tertiary/aromatic N) is 3. The van der Waals surface area contributed by atoms with Gasteiger partial charge in [0.2, 0.25) is 0 Å². The van der Waals surface area contributed by atoms with Gasteiger partial charge in [0.25, 0.3) is 5.91 Å². The number of pyridine rings is 3. The van der Waals surface area contributed by atoms with Gasteiger partial charge in [-0.2, -0.15) is 0 Å². The van der Waals surface area contributed by atoms with Crippen molar-refractivity contribution in [2.24, 2.45) is 0 Å². The fourth-order valence-electron chi connectivity index (χ4n) is 3.73. The van der Waals surface area contributed by atoms with Crippen LogP contribution in [-0.4, -0.2) is 20.9 Å². The van der Waals surface area contributed by atoms with Crippen molar-refractivity contribution in [3.05, 3.63) is 119 Å². The second kappa shape index (κ2) is 10.0. The van der Waals surface area contributed by atoms with Crippen LogP contribution in [0.5, 0.6) is 0 Å². The highest BCUT2D eigenvalue weighted by atomic mass is 19.1. The molecule has 1 amide bonds. The molecule has 4 aromatic rings. The minimum Gasteiger partial charge on any atom is -0.346 e. The Labute approximate surface area is 205 Å². The van der Waals surface area contributed by atoms with Crippen molar-refractivity contribution < 1.29 is 18.4 Å². The highest BCUT2D eigenvalue weighted by Crippen LogP contribution is 2.30. The molecule has 5 rings (SSSR count). The molecule has 3 aromatic heterocycles. The summed E-state index contributed by atoms with van der Waals surface area (Å²) in [5.41, 5.74) is 7.70. The number of hydrogen-bond donors (Lipinski definition) is 2. The number of nitrogens with one attached hydrogen (secondary N) is 2. The second-order valence-electron chi connectivity index (χ2n) is 8.26. The molecule has 0 radical (unpaired) electrons. The number of hydroxylamine groups is 1. The molecule has 1 aromatic carbocycles. The molecule has 1 atom stereocenters. The first-order valence-electron chi connectivity index (χ1n) is 11.2. The van der Waals surface area contributed by atoms with E-state index >= 15 is 0 Å². The lowest BCUT2D eigenvalue weighted by Gasteiger charge is -2.12. The summed E-state index contributed by atoms with van der Waals surface area (Å²) in [6, 6.07) is 15.4. The summed E-state index contributed by atoms with van der Waals surface area (Å²) in [6.07, 6.45) is 5.83. The summed E-state index contributed by atoms with van der Waals surface area (Å²) in [5.74, 6) is -2.06. The van der Waals surface area contributed by atoms with Gasteiger partial charge in [-0.05, 0) is 55.0 Å². The van der Waals surface area contributed by atoms with Crippen molar-refractivity contribution in [3.63, 3.8) is 0 Å². The van der Waals surface area contributed by atoms with Crippen LogP contribution in [0.25, 0.3) is 17.0 Å². The number of rotatable bonds is 6. The predicted molar refractivity (Wildman–Crippen MR) is 129 cm³/mol. The molecule has 0 saturated heterocycles. The molecule has 0 fully saturated rings. The third-order valence-corrected chi connectivity index (χ3v) is 5.61. The Balaban J connectivity index is 1.47. The molecule has 1 aliphatic heterocycles. The Kier molecular flexibility index (Phi) is 6.46. The van der Waals surface area contributed by atoms with E-state index in [0.717, 1.165) is 23.5 Å². The van der Waals surface area contributed by atoms with Gasteiger partial charge in [-0.3, -0.25) is 30.1 Å². The van der Waals surface area contributed by atoms with Crippen molar-refractivity contribution in [2.45, 2.75) is 19.6 Å². The number of carbonyl (C=O) groups excluding carboxylic acids is 1. The van der Waals surface area contributed by atoms with Gasteiger partial charge in [0.1, 0.15) is 17.7 Å². The molecule has 1 unspecified atom stereocenters. The monoisotopic (exact) mass is 485 g/mol. The third kappa shape index (κ3) is 5.11. The Hall–Kier alpha value is -4.50. The van der Waals surface area contributed by atoms with E-state index in [4.69, 9.17) is 4.84 Å². The number of carbonyl (C=O) groups is 1. The minimum atomic E-state index is -0.827. The number of aryl methyl sites for hydroxylation is 1. The first-order valence-corrected chi connectivity index (χ1v) is 11.2. The van der Waals surface area contributed by atoms with Crippen LogP contribution in [-0.2, 0) is 11.4 Å². The van der Waals surface area contributed by atoms with Gasteiger partial charge >= 0.3 is 0 Å². The van der Waals surface area contributed by atoms with Crippen molar-refractivity contribution in [2.75, 3.05) is 0 Å². The van der Waals surface area contributed by atoms with Crippen LogP contribution in [0.15, 0.2) is 79.3 Å². The first-order chi connectivity index (χ1) is 17.5. The summed E-state index contributed by atoms with van der Waals surface area (Å²) in [6.45, 7) is 1.75. The van der Waals surface area contributed by atoms with Gasteiger partial charge in [-0.25, -0.2) is 8.78 Å². The van der Waals surface area contributed by atoms with Crippen molar-refractivity contribution in [3.8, 4) is 11.3 Å². The summed E-state index contributed by atoms with van der Waals surface area (Å²) in [4.78, 5) is 31.3. The van der Waals surface area contributed by atoms with Crippen LogP contribution < -0.4 is 10.8 Å². The Morgan fingerprint density at radius 1 is 1.03 bits per heavy atom. The van der Waals surface area contributed by atoms with Crippen LogP contribution in [0.2, 0.25) is 0 Å². The summed E-state index contributed by atoms with van der Waals surface area (Å²) >= 11 is 0. The second-order valence-corrected chi connectivity index (χ2v) is 8.26. The summed E-state index contributed by atoms with van der Waals surface area (Å²) < 4.78 is 27.1. The van der Waals surface area contributed by atoms with E-state index in [1.54, 1.807) is 24.5 Å². The minimum absolute atomic E-state index is 0.0619. The fraction of sp³-hybridized carbons (Fsp3) is 0.111. The molecule has 7 nitrogen and oxygen atoms in total. The number of halogens is 2. The molecule has 2 N–H and O–H groups in total. The Bertz CT molecular complexity index is 1440. The van der Waals surface area contributed by atoms with E-state index in [1.807, 2.05) is 49.4 Å². The van der Waals surface area contributed by atoms with Crippen LogP contribution in [0.4, 0.5) is 8.78 Å². The molecule has 0 bridgehead atoms. The Morgan fingerprint density at radius 3 is 2.64 bits per heavy atom. The van der Waals surface area contributed by atoms with Gasteiger partial charge in [0.05, 0.1) is 35.5 Å². The van der Waals surface area contributed by atoms with Crippen molar-refractivity contribution >= 4 is 11.6 Å². The quantitative estimate of drug-likeness (QED) is 0.413. The molecule has 0 saturated carbocycles. The largest absolute Gasteiger partial charge is 0.346 e. The highest BCUT2D eigenvalue weighted by molar-refractivity contribution is 5.96.